The normalized spacial score (nSPS) is 10.5. The molecule has 0 unspecified atom stereocenters. The van der Waals surface area contributed by atoms with E-state index in [4.69, 9.17) is 11.6 Å². The van der Waals surface area contributed by atoms with Crippen LogP contribution in [-0.4, -0.2) is 25.2 Å². The van der Waals surface area contributed by atoms with Crippen LogP contribution in [0.25, 0.3) is 11.4 Å². The summed E-state index contributed by atoms with van der Waals surface area (Å²) in [6, 6.07) is 7.21. The Hall–Kier alpha value is -2.38. The molecule has 2 aromatic heterocycles. The highest BCUT2D eigenvalue weighted by atomic mass is 35.5. The predicted molar refractivity (Wildman–Crippen MR) is 85.1 cm³/mol. The van der Waals surface area contributed by atoms with Gasteiger partial charge in [-0.25, -0.2) is 4.98 Å². The van der Waals surface area contributed by atoms with Gasteiger partial charge in [0.2, 0.25) is 5.13 Å². The number of aromatic nitrogens is 4. The summed E-state index contributed by atoms with van der Waals surface area (Å²) in [5.74, 6) is 0.138. The van der Waals surface area contributed by atoms with Crippen molar-refractivity contribution in [3.05, 3.63) is 53.1 Å². The molecule has 0 radical (unpaired) electrons. The smallest absolute Gasteiger partial charge is 0.277 e. The number of benzene rings is 1. The number of amides is 1. The molecule has 0 bridgehead atoms. The topological polar surface area (TPSA) is 80.7 Å². The molecule has 3 aromatic rings. The molecule has 0 spiro atoms. The first-order valence-corrected chi connectivity index (χ1v) is 7.46. The molecular weight excluding hydrogens is 322 g/mol. The van der Waals surface area contributed by atoms with Crippen LogP contribution >= 0.6 is 23.1 Å². The maximum atomic E-state index is 12.0. The number of hydrogen-bond donors (Lipinski definition) is 1. The van der Waals surface area contributed by atoms with Gasteiger partial charge in [-0.3, -0.25) is 15.1 Å². The molecule has 0 fully saturated rings. The van der Waals surface area contributed by atoms with E-state index in [0.29, 0.717) is 16.0 Å². The fraction of sp³-hybridized carbons (Fsp3) is 0.0714. The van der Waals surface area contributed by atoms with Gasteiger partial charge in [0.15, 0.2) is 5.82 Å². The van der Waals surface area contributed by atoms with E-state index >= 15 is 0 Å². The van der Waals surface area contributed by atoms with Crippen molar-refractivity contribution in [2.24, 2.45) is 0 Å². The van der Waals surface area contributed by atoms with Crippen LogP contribution in [0.4, 0.5) is 5.13 Å². The van der Waals surface area contributed by atoms with Crippen LogP contribution in [0.15, 0.2) is 36.7 Å². The van der Waals surface area contributed by atoms with Gasteiger partial charge in [-0.15, -0.1) is 0 Å². The van der Waals surface area contributed by atoms with Crippen LogP contribution in [0, 0.1) is 6.92 Å². The molecule has 1 aromatic carbocycles. The Labute approximate surface area is 135 Å². The van der Waals surface area contributed by atoms with Gasteiger partial charge in [0, 0.05) is 28.3 Å². The third-order valence-electron chi connectivity index (χ3n) is 2.74. The van der Waals surface area contributed by atoms with Crippen molar-refractivity contribution in [3.8, 4) is 11.4 Å². The maximum absolute atomic E-state index is 12.0. The highest BCUT2D eigenvalue weighted by Crippen LogP contribution is 2.23. The molecule has 3 rings (SSSR count). The van der Waals surface area contributed by atoms with E-state index in [2.05, 4.69) is 24.6 Å². The lowest BCUT2D eigenvalue weighted by Gasteiger charge is -2.00. The summed E-state index contributed by atoms with van der Waals surface area (Å²) in [5.41, 5.74) is 1.76. The molecule has 0 saturated heterocycles. The van der Waals surface area contributed by atoms with Crippen molar-refractivity contribution in [2.45, 2.75) is 6.92 Å². The Morgan fingerprint density at radius 2 is 2.14 bits per heavy atom. The van der Waals surface area contributed by atoms with Crippen LogP contribution in [0.1, 0.15) is 16.2 Å². The van der Waals surface area contributed by atoms with Gasteiger partial charge in [-0.2, -0.15) is 9.36 Å². The Balaban J connectivity index is 1.77. The average molecular weight is 332 g/mol. The zero-order chi connectivity index (χ0) is 15.5. The first-order valence-electron chi connectivity index (χ1n) is 6.31. The zero-order valence-corrected chi connectivity index (χ0v) is 13.0. The monoisotopic (exact) mass is 331 g/mol. The summed E-state index contributed by atoms with van der Waals surface area (Å²) >= 11 is 7.03. The van der Waals surface area contributed by atoms with Gasteiger partial charge in [-0.1, -0.05) is 23.7 Å². The number of nitrogens with one attached hydrogen (secondary N) is 1. The molecule has 0 atom stereocenters. The number of nitrogens with zero attached hydrogens (tertiary/aromatic N) is 4. The van der Waals surface area contributed by atoms with Crippen molar-refractivity contribution in [1.82, 2.24) is 19.3 Å². The van der Waals surface area contributed by atoms with Crippen molar-refractivity contribution in [3.63, 3.8) is 0 Å². The largest absolute Gasteiger partial charge is 0.295 e. The summed E-state index contributed by atoms with van der Waals surface area (Å²) in [6.07, 6.45) is 2.95. The number of anilines is 1. The van der Waals surface area contributed by atoms with E-state index < -0.39 is 0 Å². The van der Waals surface area contributed by atoms with Gasteiger partial charge in [0.25, 0.3) is 5.91 Å². The standard InChI is InChI=1S/C14H10ClN5OS/c1-8-6-17-11(7-16-8)13(21)19-14-18-12(20-22-14)9-3-2-4-10(15)5-9/h2-7H,1H3,(H,18,19,20,21). The van der Waals surface area contributed by atoms with E-state index in [1.54, 1.807) is 19.1 Å². The van der Waals surface area contributed by atoms with Gasteiger partial charge in [-0.05, 0) is 19.1 Å². The molecule has 1 amide bonds. The van der Waals surface area contributed by atoms with Crippen LogP contribution in [0.3, 0.4) is 0 Å². The van der Waals surface area contributed by atoms with Gasteiger partial charge in [0.05, 0.1) is 11.9 Å². The molecule has 1 N–H and O–H groups in total. The summed E-state index contributed by atoms with van der Waals surface area (Å²) in [5, 5.41) is 3.65. The van der Waals surface area contributed by atoms with E-state index in [-0.39, 0.29) is 11.6 Å². The number of hydrogen-bond acceptors (Lipinski definition) is 6. The van der Waals surface area contributed by atoms with Gasteiger partial charge in [0.1, 0.15) is 5.69 Å². The Kier molecular flexibility index (Phi) is 4.08. The van der Waals surface area contributed by atoms with E-state index in [1.807, 2.05) is 12.1 Å². The lowest BCUT2D eigenvalue weighted by atomic mass is 10.2. The second kappa shape index (κ2) is 6.17. The first kappa shape index (κ1) is 14.6. The minimum atomic E-state index is -0.374. The molecule has 2 heterocycles. The molecule has 0 aliphatic heterocycles. The van der Waals surface area contributed by atoms with E-state index in [9.17, 15) is 4.79 Å². The zero-order valence-electron chi connectivity index (χ0n) is 11.4. The molecule has 110 valence electrons. The molecule has 6 nitrogen and oxygen atoms in total. The van der Waals surface area contributed by atoms with E-state index in [0.717, 1.165) is 22.8 Å². The highest BCUT2D eigenvalue weighted by molar-refractivity contribution is 7.10. The Morgan fingerprint density at radius 3 is 2.86 bits per heavy atom. The predicted octanol–water partition coefficient (Wildman–Crippen LogP) is 3.21. The third kappa shape index (κ3) is 3.26. The van der Waals surface area contributed by atoms with Gasteiger partial charge < -0.3 is 0 Å². The van der Waals surface area contributed by atoms with Crippen molar-refractivity contribution in [1.29, 1.82) is 0 Å². The molecular formula is C14H10ClN5OS. The summed E-state index contributed by atoms with van der Waals surface area (Å²) in [7, 11) is 0. The Morgan fingerprint density at radius 1 is 1.27 bits per heavy atom. The van der Waals surface area contributed by atoms with Crippen LogP contribution in [0.2, 0.25) is 5.02 Å². The third-order valence-corrected chi connectivity index (χ3v) is 3.61. The van der Waals surface area contributed by atoms with Gasteiger partial charge >= 0.3 is 0 Å². The second-order valence-corrected chi connectivity index (χ2v) is 5.62. The summed E-state index contributed by atoms with van der Waals surface area (Å²) in [6.45, 7) is 1.80. The molecule has 22 heavy (non-hydrogen) atoms. The SMILES string of the molecule is Cc1cnc(C(=O)Nc2nc(-c3cccc(Cl)c3)ns2)cn1. The number of aryl methyl sites for hydroxylation is 1. The number of halogens is 1. The van der Waals surface area contributed by atoms with E-state index in [1.165, 1.54) is 12.4 Å². The second-order valence-electron chi connectivity index (χ2n) is 4.43. The summed E-state index contributed by atoms with van der Waals surface area (Å²) in [4.78, 5) is 24.4. The maximum Gasteiger partial charge on any atom is 0.277 e. The van der Waals surface area contributed by atoms with Crippen molar-refractivity contribution >= 4 is 34.2 Å². The average Bonchev–Trinajstić information content (AvgIpc) is 2.96. The minimum absolute atomic E-state index is 0.227. The molecule has 0 saturated carbocycles. The van der Waals surface area contributed by atoms with Crippen LogP contribution in [-0.2, 0) is 0 Å². The first-order chi connectivity index (χ1) is 10.6. The summed E-state index contributed by atoms with van der Waals surface area (Å²) < 4.78 is 4.21. The molecule has 0 aliphatic carbocycles. The fourth-order valence-corrected chi connectivity index (χ4v) is 2.47. The Bertz CT molecular complexity index is 818. The van der Waals surface area contributed by atoms with Crippen molar-refractivity contribution < 1.29 is 4.79 Å². The molecule has 0 aliphatic rings. The quantitative estimate of drug-likeness (QED) is 0.797. The molecule has 8 heteroatoms. The lowest BCUT2D eigenvalue weighted by molar-refractivity contribution is 0.102. The lowest BCUT2D eigenvalue weighted by Crippen LogP contribution is -2.13. The highest BCUT2D eigenvalue weighted by Gasteiger charge is 2.12. The fourth-order valence-electron chi connectivity index (χ4n) is 1.69. The van der Waals surface area contributed by atoms with Crippen LogP contribution < -0.4 is 5.32 Å². The van der Waals surface area contributed by atoms with Crippen molar-refractivity contribution in [2.75, 3.05) is 5.32 Å². The minimum Gasteiger partial charge on any atom is -0.295 e. The number of carbonyl (C=O) groups excluding carboxylic acids is 1. The number of carbonyl (C=O) groups is 1. The van der Waals surface area contributed by atoms with Crippen LogP contribution in [0.5, 0.6) is 0 Å². The number of rotatable bonds is 3.